The maximum Gasteiger partial charge on any atom is 0.336 e. The Kier molecular flexibility index (Phi) is 3.85. The molecule has 0 saturated heterocycles. The summed E-state index contributed by atoms with van der Waals surface area (Å²) in [5.41, 5.74) is 3.59. The molecule has 0 bridgehead atoms. The molecule has 1 aromatic heterocycles. The van der Waals surface area contributed by atoms with Crippen LogP contribution in [0, 0.1) is 22.7 Å². The van der Waals surface area contributed by atoms with E-state index in [0.717, 1.165) is 0 Å². The predicted molar refractivity (Wildman–Crippen MR) is 78.3 cm³/mol. The Morgan fingerprint density at radius 1 is 1.23 bits per heavy atom. The largest absolute Gasteiger partial charge is 0.478 e. The van der Waals surface area contributed by atoms with Crippen LogP contribution in [0.15, 0.2) is 23.0 Å². The molecule has 0 aliphatic heterocycles. The number of halogens is 1. The average Bonchev–Trinajstić information content (AvgIpc) is 2.46. The third-order valence-corrected chi connectivity index (χ3v) is 3.28. The van der Waals surface area contributed by atoms with Gasteiger partial charge in [-0.15, -0.1) is 0 Å². The summed E-state index contributed by atoms with van der Waals surface area (Å²) in [4.78, 5) is 25.4. The van der Waals surface area contributed by atoms with Crippen molar-refractivity contribution in [1.82, 2.24) is 4.98 Å². The number of aromatic amines is 1. The Morgan fingerprint density at radius 2 is 1.86 bits per heavy atom. The number of carbonyl (C=O) groups is 1. The van der Waals surface area contributed by atoms with Crippen LogP contribution in [0.1, 0.15) is 21.5 Å². The van der Waals surface area contributed by atoms with Gasteiger partial charge in [-0.05, 0) is 12.1 Å². The van der Waals surface area contributed by atoms with Crippen LogP contribution in [0.5, 0.6) is 0 Å². The molecule has 1 aromatic carbocycles. The van der Waals surface area contributed by atoms with Gasteiger partial charge in [-0.3, -0.25) is 4.79 Å². The van der Waals surface area contributed by atoms with E-state index in [4.69, 9.17) is 17.3 Å². The molecule has 2 aromatic rings. The minimum Gasteiger partial charge on any atom is -0.478 e. The van der Waals surface area contributed by atoms with Crippen molar-refractivity contribution >= 4 is 23.4 Å². The number of anilines is 1. The lowest BCUT2D eigenvalue weighted by molar-refractivity contribution is 0.0697. The second-order valence-electron chi connectivity index (χ2n) is 4.18. The highest BCUT2D eigenvalue weighted by atomic mass is 35.5. The topological polar surface area (TPSA) is 144 Å². The molecular formula is C14H7ClN4O3. The van der Waals surface area contributed by atoms with Crippen molar-refractivity contribution in [3.05, 3.63) is 50.3 Å². The molecule has 0 spiro atoms. The molecule has 8 heteroatoms. The molecule has 108 valence electrons. The number of carboxylic acids is 1. The highest BCUT2D eigenvalue weighted by molar-refractivity contribution is 6.34. The number of nitrogens with two attached hydrogens (primary N) is 1. The van der Waals surface area contributed by atoms with Gasteiger partial charge < -0.3 is 15.8 Å². The minimum absolute atomic E-state index is 0.0158. The summed E-state index contributed by atoms with van der Waals surface area (Å²) in [6.45, 7) is 0. The first-order valence-corrected chi connectivity index (χ1v) is 6.18. The number of nitrogen functional groups attached to an aromatic ring is 1. The molecule has 1 heterocycles. The van der Waals surface area contributed by atoms with Crippen LogP contribution in [-0.4, -0.2) is 16.1 Å². The maximum absolute atomic E-state index is 11.9. The van der Waals surface area contributed by atoms with E-state index in [1.165, 1.54) is 18.2 Å². The second kappa shape index (κ2) is 5.60. The first kappa shape index (κ1) is 15.1. The van der Waals surface area contributed by atoms with Gasteiger partial charge in [0, 0.05) is 16.1 Å². The van der Waals surface area contributed by atoms with Crippen LogP contribution < -0.4 is 11.3 Å². The average molecular weight is 315 g/mol. The number of nitriles is 2. The summed E-state index contributed by atoms with van der Waals surface area (Å²) < 4.78 is 0. The van der Waals surface area contributed by atoms with Crippen LogP contribution in [-0.2, 0) is 0 Å². The van der Waals surface area contributed by atoms with E-state index in [2.05, 4.69) is 4.98 Å². The number of nitrogens with zero attached hydrogens (tertiary/aromatic N) is 2. The molecule has 0 saturated carbocycles. The Morgan fingerprint density at radius 3 is 2.41 bits per heavy atom. The third-order valence-electron chi connectivity index (χ3n) is 2.96. The number of aromatic nitrogens is 1. The molecule has 0 aliphatic rings. The molecule has 7 nitrogen and oxygen atoms in total. The first-order chi connectivity index (χ1) is 10.4. The van der Waals surface area contributed by atoms with Gasteiger partial charge in [-0.2, -0.15) is 10.5 Å². The Labute approximate surface area is 128 Å². The van der Waals surface area contributed by atoms with Crippen LogP contribution in [0.25, 0.3) is 11.1 Å². The summed E-state index contributed by atoms with van der Waals surface area (Å²) in [5, 5.41) is 27.7. The van der Waals surface area contributed by atoms with E-state index in [9.17, 15) is 25.2 Å². The fraction of sp³-hybridized carbons (Fsp3) is 0. The zero-order valence-electron chi connectivity index (χ0n) is 10.8. The SMILES string of the molecule is N#Cc1c(N)[nH]c(=O)c(C#N)c1-c1c(Cl)cccc1C(=O)O. The predicted octanol–water partition coefficient (Wildman–Crippen LogP) is 1.72. The number of pyridine rings is 1. The molecule has 0 radical (unpaired) electrons. The van der Waals surface area contributed by atoms with Gasteiger partial charge in [-0.1, -0.05) is 17.7 Å². The molecule has 0 aliphatic carbocycles. The number of benzene rings is 1. The van der Waals surface area contributed by atoms with Crippen molar-refractivity contribution in [2.24, 2.45) is 0 Å². The fourth-order valence-electron chi connectivity index (χ4n) is 2.05. The molecular weight excluding hydrogens is 308 g/mol. The summed E-state index contributed by atoms with van der Waals surface area (Å²) >= 11 is 6.04. The van der Waals surface area contributed by atoms with E-state index in [0.29, 0.717) is 0 Å². The van der Waals surface area contributed by atoms with Crippen LogP contribution in [0.4, 0.5) is 5.82 Å². The van der Waals surface area contributed by atoms with Crippen molar-refractivity contribution < 1.29 is 9.90 Å². The summed E-state index contributed by atoms with van der Waals surface area (Å²) in [6, 6.07) is 7.47. The van der Waals surface area contributed by atoms with E-state index >= 15 is 0 Å². The Balaban J connectivity index is 3.10. The van der Waals surface area contributed by atoms with E-state index in [1.54, 1.807) is 12.1 Å². The third kappa shape index (κ3) is 2.26. The monoisotopic (exact) mass is 314 g/mol. The molecule has 22 heavy (non-hydrogen) atoms. The van der Waals surface area contributed by atoms with Crippen molar-refractivity contribution in [3.63, 3.8) is 0 Å². The summed E-state index contributed by atoms with van der Waals surface area (Å²) in [6.07, 6.45) is 0. The van der Waals surface area contributed by atoms with E-state index in [1.807, 2.05) is 0 Å². The minimum atomic E-state index is -1.32. The van der Waals surface area contributed by atoms with E-state index in [-0.39, 0.29) is 33.1 Å². The zero-order valence-corrected chi connectivity index (χ0v) is 11.6. The summed E-state index contributed by atoms with van der Waals surface area (Å²) in [7, 11) is 0. The first-order valence-electron chi connectivity index (χ1n) is 5.80. The molecule has 4 N–H and O–H groups in total. The van der Waals surface area contributed by atoms with Gasteiger partial charge in [0.1, 0.15) is 29.1 Å². The molecule has 0 amide bonds. The lowest BCUT2D eigenvalue weighted by atomic mass is 9.93. The number of hydrogen-bond donors (Lipinski definition) is 3. The van der Waals surface area contributed by atoms with Crippen molar-refractivity contribution in [2.45, 2.75) is 0 Å². The second-order valence-corrected chi connectivity index (χ2v) is 4.59. The number of H-pyrrole nitrogens is 1. The maximum atomic E-state index is 11.9. The zero-order chi connectivity index (χ0) is 16.4. The van der Waals surface area contributed by atoms with Crippen LogP contribution in [0.2, 0.25) is 5.02 Å². The number of nitrogens with one attached hydrogen (secondary N) is 1. The molecule has 0 fully saturated rings. The number of hydrogen-bond acceptors (Lipinski definition) is 5. The molecule has 0 atom stereocenters. The van der Waals surface area contributed by atoms with Gasteiger partial charge in [0.2, 0.25) is 0 Å². The van der Waals surface area contributed by atoms with Gasteiger partial charge in [0.25, 0.3) is 5.56 Å². The lowest BCUT2D eigenvalue weighted by Gasteiger charge is -2.12. The van der Waals surface area contributed by atoms with Crippen LogP contribution in [0.3, 0.4) is 0 Å². The molecule has 0 unspecified atom stereocenters. The number of carboxylic acid groups (broad SMARTS) is 1. The molecule has 2 rings (SSSR count). The van der Waals surface area contributed by atoms with Gasteiger partial charge in [-0.25, -0.2) is 4.79 Å². The Bertz CT molecular complexity index is 935. The van der Waals surface area contributed by atoms with Crippen molar-refractivity contribution in [3.8, 4) is 23.3 Å². The normalized spacial score (nSPS) is 9.77. The van der Waals surface area contributed by atoms with Gasteiger partial charge in [0.05, 0.1) is 5.56 Å². The lowest BCUT2D eigenvalue weighted by Crippen LogP contribution is -2.17. The standard InChI is InChI=1S/C14H7ClN4O3/c15-9-3-1-2-6(14(21)22)11(9)10-7(4-16)12(18)19-13(20)8(10)5-17/h1-3H,(H,21,22)(H3,18,19,20). The van der Waals surface area contributed by atoms with E-state index < -0.39 is 17.1 Å². The van der Waals surface area contributed by atoms with Crippen molar-refractivity contribution in [1.29, 1.82) is 10.5 Å². The quantitative estimate of drug-likeness (QED) is 0.769. The smallest absolute Gasteiger partial charge is 0.336 e. The van der Waals surface area contributed by atoms with Gasteiger partial charge in [0.15, 0.2) is 0 Å². The summed E-state index contributed by atoms with van der Waals surface area (Å²) in [5.74, 6) is -1.58. The fourth-order valence-corrected chi connectivity index (χ4v) is 2.32. The highest BCUT2D eigenvalue weighted by Gasteiger charge is 2.24. The Hall–Kier alpha value is -3.29. The van der Waals surface area contributed by atoms with Crippen molar-refractivity contribution in [2.75, 3.05) is 5.73 Å². The highest BCUT2D eigenvalue weighted by Crippen LogP contribution is 2.36. The number of aromatic carboxylic acids is 1. The number of rotatable bonds is 2. The van der Waals surface area contributed by atoms with Crippen LogP contribution >= 0.6 is 11.6 Å². The van der Waals surface area contributed by atoms with Gasteiger partial charge >= 0.3 is 5.97 Å².